The van der Waals surface area contributed by atoms with Crippen molar-refractivity contribution in [3.63, 3.8) is 0 Å². The van der Waals surface area contributed by atoms with Gasteiger partial charge in [0.15, 0.2) is 0 Å². The van der Waals surface area contributed by atoms with Gasteiger partial charge in [0, 0.05) is 16.8 Å². The Hall–Kier alpha value is -2.94. The number of carbonyl (C=O) groups excluding carboxylic acids is 1. The Bertz CT molecular complexity index is 850. The molecule has 1 aliphatic heterocycles. The smallest absolute Gasteiger partial charge is 0.256 e. The van der Waals surface area contributed by atoms with E-state index in [2.05, 4.69) is 11.9 Å². The number of hydrogen-bond donors (Lipinski definition) is 1. The van der Waals surface area contributed by atoms with Gasteiger partial charge >= 0.3 is 0 Å². The van der Waals surface area contributed by atoms with Crippen LogP contribution >= 0.6 is 0 Å². The predicted octanol–water partition coefficient (Wildman–Crippen LogP) is 4.72. The Morgan fingerprint density at radius 2 is 2.17 bits per heavy atom. The van der Waals surface area contributed by atoms with E-state index in [0.717, 1.165) is 16.7 Å². The fourth-order valence-electron chi connectivity index (χ4n) is 2.59. The number of rotatable bonds is 3. The summed E-state index contributed by atoms with van der Waals surface area (Å²) in [5.74, 6) is -0.565. The lowest BCUT2D eigenvalue weighted by molar-refractivity contribution is -0.110. The number of hydrogen-bond acceptors (Lipinski definition) is 1. The monoisotopic (exact) mass is 305 g/mol. The van der Waals surface area contributed by atoms with Crippen molar-refractivity contribution in [1.29, 1.82) is 0 Å². The number of benzene rings is 1. The van der Waals surface area contributed by atoms with E-state index in [-0.39, 0.29) is 11.7 Å². The lowest BCUT2D eigenvalue weighted by Crippen LogP contribution is -2.03. The average Bonchev–Trinajstić information content (AvgIpc) is 3.10. The molecule has 114 valence electrons. The average molecular weight is 305 g/mol. The highest BCUT2D eigenvalue weighted by atomic mass is 19.1. The largest absolute Gasteiger partial charge is 0.321 e. The van der Waals surface area contributed by atoms with Gasteiger partial charge in [-0.2, -0.15) is 0 Å². The molecule has 3 rings (SSSR count). The molecule has 1 aromatic rings. The number of halogens is 1. The molecular formula is C20H16FNO. The molecule has 0 fully saturated rings. The molecule has 0 atom stereocenters. The summed E-state index contributed by atoms with van der Waals surface area (Å²) < 4.78 is 13.4. The highest BCUT2D eigenvalue weighted by Gasteiger charge is 2.24. The van der Waals surface area contributed by atoms with E-state index in [1.54, 1.807) is 18.2 Å². The normalized spacial score (nSPS) is 20.0. The van der Waals surface area contributed by atoms with Gasteiger partial charge in [0.25, 0.3) is 5.91 Å². The van der Waals surface area contributed by atoms with Gasteiger partial charge < -0.3 is 5.32 Å². The molecule has 1 amide bonds. The summed E-state index contributed by atoms with van der Waals surface area (Å²) in [5, 5.41) is 2.74. The summed E-state index contributed by atoms with van der Waals surface area (Å²) in [5.41, 5.74) is 4.76. The zero-order valence-electron chi connectivity index (χ0n) is 12.8. The highest BCUT2D eigenvalue weighted by molar-refractivity contribution is 6.31. The predicted molar refractivity (Wildman–Crippen MR) is 92.3 cm³/mol. The van der Waals surface area contributed by atoms with Crippen LogP contribution in [0.25, 0.3) is 5.57 Å². The fraction of sp³-hybridized carbons (Fsp3) is 0.0500. The quantitative estimate of drug-likeness (QED) is 0.805. The van der Waals surface area contributed by atoms with Gasteiger partial charge in [-0.15, -0.1) is 0 Å². The zero-order chi connectivity index (χ0) is 16.4. The van der Waals surface area contributed by atoms with Crippen LogP contribution in [0, 0.1) is 5.82 Å². The molecule has 1 aliphatic carbocycles. The number of fused-ring (bicyclic) bond motifs is 1. The first-order chi connectivity index (χ1) is 11.1. The SMILES string of the molecule is C=CC1=CC=C/C1=C/C=C(C)/C=C1/C(=O)Nc2ccc(F)cc21. The molecule has 0 saturated carbocycles. The molecule has 1 heterocycles. The lowest BCUT2D eigenvalue weighted by Gasteiger charge is -1.99. The first-order valence-corrected chi connectivity index (χ1v) is 7.31. The van der Waals surface area contributed by atoms with Crippen molar-refractivity contribution in [2.45, 2.75) is 6.92 Å². The second-order valence-corrected chi connectivity index (χ2v) is 5.42. The second kappa shape index (κ2) is 6.05. The molecule has 0 aromatic heterocycles. The van der Waals surface area contributed by atoms with Crippen molar-refractivity contribution in [3.8, 4) is 0 Å². The van der Waals surface area contributed by atoms with Crippen molar-refractivity contribution in [2.75, 3.05) is 5.32 Å². The van der Waals surface area contributed by atoms with Gasteiger partial charge in [-0.3, -0.25) is 4.79 Å². The molecule has 0 bridgehead atoms. The summed E-state index contributed by atoms with van der Waals surface area (Å²) >= 11 is 0. The number of anilines is 1. The first kappa shape index (κ1) is 15.0. The van der Waals surface area contributed by atoms with Crippen LogP contribution < -0.4 is 5.32 Å². The molecule has 0 unspecified atom stereocenters. The van der Waals surface area contributed by atoms with Crippen molar-refractivity contribution in [3.05, 3.63) is 95.4 Å². The minimum absolute atomic E-state index is 0.210. The first-order valence-electron chi connectivity index (χ1n) is 7.31. The summed E-state index contributed by atoms with van der Waals surface area (Å²) in [4.78, 5) is 12.1. The molecule has 3 heteroatoms. The molecule has 23 heavy (non-hydrogen) atoms. The molecule has 0 saturated heterocycles. The van der Waals surface area contributed by atoms with Crippen molar-refractivity contribution in [2.24, 2.45) is 0 Å². The molecule has 2 nitrogen and oxygen atoms in total. The van der Waals surface area contributed by atoms with Crippen molar-refractivity contribution >= 4 is 17.2 Å². The van der Waals surface area contributed by atoms with Crippen LogP contribution in [0.5, 0.6) is 0 Å². The molecule has 2 aliphatic rings. The third-order valence-electron chi connectivity index (χ3n) is 3.77. The van der Waals surface area contributed by atoms with E-state index in [0.29, 0.717) is 16.8 Å². The van der Waals surface area contributed by atoms with Gasteiger partial charge in [0.2, 0.25) is 0 Å². The highest BCUT2D eigenvalue weighted by Crippen LogP contribution is 2.33. The zero-order valence-corrected chi connectivity index (χ0v) is 12.8. The van der Waals surface area contributed by atoms with E-state index < -0.39 is 0 Å². The minimum Gasteiger partial charge on any atom is -0.321 e. The summed E-state index contributed by atoms with van der Waals surface area (Å²) in [7, 11) is 0. The maximum absolute atomic E-state index is 13.4. The molecule has 0 spiro atoms. The molecule has 0 radical (unpaired) electrons. The van der Waals surface area contributed by atoms with E-state index >= 15 is 0 Å². The Kier molecular flexibility index (Phi) is 3.94. The number of amides is 1. The third kappa shape index (κ3) is 2.99. The van der Waals surface area contributed by atoms with Gasteiger partial charge in [-0.05, 0) is 42.3 Å². The third-order valence-corrected chi connectivity index (χ3v) is 3.77. The number of carbonyl (C=O) groups is 1. The second-order valence-electron chi connectivity index (χ2n) is 5.42. The summed E-state index contributed by atoms with van der Waals surface area (Å²) in [6.45, 7) is 5.68. The number of allylic oxidation sites excluding steroid dienone is 10. The Morgan fingerprint density at radius 3 is 2.96 bits per heavy atom. The van der Waals surface area contributed by atoms with Crippen LogP contribution in [0.3, 0.4) is 0 Å². The van der Waals surface area contributed by atoms with E-state index in [9.17, 15) is 9.18 Å². The Morgan fingerprint density at radius 1 is 1.35 bits per heavy atom. The Balaban J connectivity index is 1.92. The molecule has 1 N–H and O–H groups in total. The van der Waals surface area contributed by atoms with Crippen molar-refractivity contribution in [1.82, 2.24) is 0 Å². The Labute approximate surface area is 134 Å². The van der Waals surface area contributed by atoms with Crippen LogP contribution in [0.2, 0.25) is 0 Å². The lowest BCUT2D eigenvalue weighted by atomic mass is 10.0. The summed E-state index contributed by atoms with van der Waals surface area (Å²) in [6.07, 6.45) is 13.4. The van der Waals surface area contributed by atoms with E-state index in [4.69, 9.17) is 0 Å². The van der Waals surface area contributed by atoms with Crippen LogP contribution in [-0.2, 0) is 4.79 Å². The van der Waals surface area contributed by atoms with Crippen molar-refractivity contribution < 1.29 is 9.18 Å². The summed E-state index contributed by atoms with van der Waals surface area (Å²) in [6, 6.07) is 4.29. The van der Waals surface area contributed by atoms with Gasteiger partial charge in [0.1, 0.15) is 5.82 Å². The van der Waals surface area contributed by atoms with Crippen LogP contribution in [-0.4, -0.2) is 5.91 Å². The maximum Gasteiger partial charge on any atom is 0.256 e. The van der Waals surface area contributed by atoms with Crippen LogP contribution in [0.1, 0.15) is 12.5 Å². The van der Waals surface area contributed by atoms with Gasteiger partial charge in [0.05, 0.1) is 0 Å². The van der Waals surface area contributed by atoms with Gasteiger partial charge in [-0.25, -0.2) is 4.39 Å². The molecule has 1 aromatic carbocycles. The van der Waals surface area contributed by atoms with E-state index in [1.165, 1.54) is 12.1 Å². The topological polar surface area (TPSA) is 29.1 Å². The number of nitrogens with one attached hydrogen (secondary N) is 1. The van der Waals surface area contributed by atoms with E-state index in [1.807, 2.05) is 37.3 Å². The standard InChI is InChI=1S/C20H16FNO/c1-3-14-5-4-6-15(14)8-7-13(2)11-18-17-12-16(21)9-10-19(17)22-20(18)23/h3-12H,1H2,2H3,(H,22,23)/b13-7+,15-8-,18-11+. The molecular weight excluding hydrogens is 289 g/mol. The van der Waals surface area contributed by atoms with Gasteiger partial charge in [-0.1, -0.05) is 48.6 Å². The minimum atomic E-state index is -0.355. The maximum atomic E-state index is 13.4. The van der Waals surface area contributed by atoms with Crippen LogP contribution in [0.15, 0.2) is 84.0 Å². The fourth-order valence-corrected chi connectivity index (χ4v) is 2.59. The van der Waals surface area contributed by atoms with Crippen LogP contribution in [0.4, 0.5) is 10.1 Å².